The van der Waals surface area contributed by atoms with Crippen molar-refractivity contribution in [2.45, 2.75) is 64.5 Å². The second kappa shape index (κ2) is 7.12. The molecule has 1 N–H and O–H groups in total. The van der Waals surface area contributed by atoms with E-state index in [-0.39, 0.29) is 0 Å². The summed E-state index contributed by atoms with van der Waals surface area (Å²) < 4.78 is 0. The molecule has 1 fully saturated rings. The summed E-state index contributed by atoms with van der Waals surface area (Å²) in [4.78, 5) is 2.50. The molecule has 1 aliphatic carbocycles. The lowest BCUT2D eigenvalue weighted by Gasteiger charge is -2.39. The molecule has 0 spiro atoms. The van der Waals surface area contributed by atoms with Gasteiger partial charge in [-0.15, -0.1) is 0 Å². The number of benzene rings is 1. The SMILES string of the molecule is CCC1CCC(N(C)C(CC)c2ccccc2O)CC1. The second-order valence-electron chi connectivity index (χ2n) is 6.23. The zero-order valence-corrected chi connectivity index (χ0v) is 13.2. The molecular weight excluding hydrogens is 246 g/mol. The monoisotopic (exact) mass is 275 g/mol. The number of phenolic OH excluding ortho intramolecular Hbond substituents is 1. The fraction of sp³-hybridized carbons (Fsp3) is 0.667. The van der Waals surface area contributed by atoms with E-state index in [4.69, 9.17) is 0 Å². The molecule has 2 nitrogen and oxygen atoms in total. The van der Waals surface area contributed by atoms with E-state index >= 15 is 0 Å². The van der Waals surface area contributed by atoms with Gasteiger partial charge >= 0.3 is 0 Å². The van der Waals surface area contributed by atoms with Crippen molar-refractivity contribution >= 4 is 0 Å². The smallest absolute Gasteiger partial charge is 0.120 e. The topological polar surface area (TPSA) is 23.5 Å². The van der Waals surface area contributed by atoms with Gasteiger partial charge in [0.2, 0.25) is 0 Å². The lowest BCUT2D eigenvalue weighted by Crippen LogP contribution is -2.37. The van der Waals surface area contributed by atoms with Crippen LogP contribution in [0.2, 0.25) is 0 Å². The quantitative estimate of drug-likeness (QED) is 0.838. The summed E-state index contributed by atoms with van der Waals surface area (Å²) in [5.74, 6) is 1.37. The Labute approximate surface area is 123 Å². The normalized spacial score (nSPS) is 24.8. The molecule has 1 unspecified atom stereocenters. The zero-order valence-electron chi connectivity index (χ0n) is 13.2. The minimum atomic E-state index is 0.333. The number of hydrogen-bond donors (Lipinski definition) is 1. The standard InChI is InChI=1S/C18H29NO/c1-4-14-10-12-15(13-11-14)19(3)17(5-2)16-8-6-7-9-18(16)20/h6-9,14-15,17,20H,4-5,10-13H2,1-3H3. The van der Waals surface area contributed by atoms with Crippen LogP contribution in [0, 0.1) is 5.92 Å². The highest BCUT2D eigenvalue weighted by Crippen LogP contribution is 2.36. The van der Waals surface area contributed by atoms with Gasteiger partial charge in [-0.2, -0.15) is 0 Å². The zero-order chi connectivity index (χ0) is 14.5. The van der Waals surface area contributed by atoms with Crippen LogP contribution in [0.5, 0.6) is 5.75 Å². The van der Waals surface area contributed by atoms with Crippen LogP contribution < -0.4 is 0 Å². The van der Waals surface area contributed by atoms with Crippen LogP contribution in [-0.2, 0) is 0 Å². The minimum Gasteiger partial charge on any atom is -0.508 e. The van der Waals surface area contributed by atoms with E-state index in [2.05, 4.69) is 31.9 Å². The molecule has 0 saturated heterocycles. The molecule has 1 aromatic rings. The maximum Gasteiger partial charge on any atom is 0.120 e. The molecular formula is C18H29NO. The third-order valence-electron chi connectivity index (χ3n) is 5.14. The van der Waals surface area contributed by atoms with Gasteiger partial charge in [-0.3, -0.25) is 4.90 Å². The third-order valence-corrected chi connectivity index (χ3v) is 5.14. The number of hydrogen-bond acceptors (Lipinski definition) is 2. The first kappa shape index (κ1) is 15.4. The summed E-state index contributed by atoms with van der Waals surface area (Å²) in [6, 6.07) is 8.80. The molecule has 0 radical (unpaired) electrons. The Balaban J connectivity index is 2.06. The fourth-order valence-corrected chi connectivity index (χ4v) is 3.71. The number of phenols is 1. The van der Waals surface area contributed by atoms with E-state index < -0.39 is 0 Å². The van der Waals surface area contributed by atoms with Crippen molar-refractivity contribution in [3.63, 3.8) is 0 Å². The van der Waals surface area contributed by atoms with Crippen molar-refractivity contribution in [1.82, 2.24) is 4.90 Å². The van der Waals surface area contributed by atoms with Crippen molar-refractivity contribution in [2.24, 2.45) is 5.92 Å². The number of rotatable bonds is 5. The van der Waals surface area contributed by atoms with E-state index in [0.717, 1.165) is 17.9 Å². The predicted molar refractivity (Wildman–Crippen MR) is 84.9 cm³/mol. The molecule has 20 heavy (non-hydrogen) atoms. The lowest BCUT2D eigenvalue weighted by molar-refractivity contribution is 0.115. The maximum absolute atomic E-state index is 10.1. The second-order valence-corrected chi connectivity index (χ2v) is 6.23. The van der Waals surface area contributed by atoms with Crippen LogP contribution in [0.1, 0.15) is 64.0 Å². The summed E-state index contributed by atoms with van der Waals surface area (Å²) in [5, 5.41) is 10.1. The average Bonchev–Trinajstić information content (AvgIpc) is 2.50. The lowest BCUT2D eigenvalue weighted by atomic mass is 9.83. The van der Waals surface area contributed by atoms with Crippen LogP contribution in [-0.4, -0.2) is 23.1 Å². The Kier molecular flexibility index (Phi) is 5.47. The summed E-state index contributed by atoms with van der Waals surface area (Å²) in [5.41, 5.74) is 1.08. The van der Waals surface area contributed by atoms with Gasteiger partial charge in [0, 0.05) is 17.6 Å². The van der Waals surface area contributed by atoms with Gasteiger partial charge in [0.15, 0.2) is 0 Å². The molecule has 0 amide bonds. The van der Waals surface area contributed by atoms with Crippen molar-refractivity contribution in [2.75, 3.05) is 7.05 Å². The van der Waals surface area contributed by atoms with Gasteiger partial charge in [0.25, 0.3) is 0 Å². The molecule has 112 valence electrons. The first-order chi connectivity index (χ1) is 9.67. The highest BCUT2D eigenvalue weighted by Gasteiger charge is 2.28. The van der Waals surface area contributed by atoms with Gasteiger partial charge in [-0.1, -0.05) is 38.5 Å². The van der Waals surface area contributed by atoms with Gasteiger partial charge < -0.3 is 5.11 Å². The molecule has 1 aliphatic rings. The Bertz CT molecular complexity index is 410. The molecule has 2 rings (SSSR count). The number of nitrogens with zero attached hydrogens (tertiary/aromatic N) is 1. The summed E-state index contributed by atoms with van der Waals surface area (Å²) >= 11 is 0. The third kappa shape index (κ3) is 3.35. The van der Waals surface area contributed by atoms with Crippen LogP contribution in [0.15, 0.2) is 24.3 Å². The van der Waals surface area contributed by atoms with Crippen molar-refractivity contribution in [3.05, 3.63) is 29.8 Å². The van der Waals surface area contributed by atoms with E-state index in [0.29, 0.717) is 17.8 Å². The van der Waals surface area contributed by atoms with Gasteiger partial charge in [0.05, 0.1) is 0 Å². The van der Waals surface area contributed by atoms with Crippen LogP contribution >= 0.6 is 0 Å². The van der Waals surface area contributed by atoms with Crippen molar-refractivity contribution < 1.29 is 5.11 Å². The van der Waals surface area contributed by atoms with E-state index in [1.165, 1.54) is 32.1 Å². The number of para-hydroxylation sites is 1. The maximum atomic E-state index is 10.1. The Hall–Kier alpha value is -1.02. The molecule has 0 bridgehead atoms. The highest BCUT2D eigenvalue weighted by molar-refractivity contribution is 5.34. The first-order valence-corrected chi connectivity index (χ1v) is 8.17. The molecule has 0 aromatic heterocycles. The summed E-state index contributed by atoms with van der Waals surface area (Å²) in [6.07, 6.45) is 7.71. The average molecular weight is 275 g/mol. The molecule has 1 aromatic carbocycles. The van der Waals surface area contributed by atoms with E-state index in [1.807, 2.05) is 12.1 Å². The Morgan fingerprint density at radius 3 is 2.35 bits per heavy atom. The predicted octanol–water partition coefficient (Wildman–Crippen LogP) is 4.74. The van der Waals surface area contributed by atoms with E-state index in [1.54, 1.807) is 6.07 Å². The Morgan fingerprint density at radius 2 is 1.80 bits per heavy atom. The van der Waals surface area contributed by atoms with Crippen molar-refractivity contribution in [3.8, 4) is 5.75 Å². The summed E-state index contributed by atoms with van der Waals surface area (Å²) in [7, 11) is 2.23. The van der Waals surface area contributed by atoms with Crippen LogP contribution in [0.3, 0.4) is 0 Å². The highest BCUT2D eigenvalue weighted by atomic mass is 16.3. The van der Waals surface area contributed by atoms with Crippen LogP contribution in [0.4, 0.5) is 0 Å². The van der Waals surface area contributed by atoms with Crippen LogP contribution in [0.25, 0.3) is 0 Å². The molecule has 2 heteroatoms. The molecule has 0 heterocycles. The van der Waals surface area contributed by atoms with Gasteiger partial charge in [-0.05, 0) is 51.1 Å². The fourth-order valence-electron chi connectivity index (χ4n) is 3.71. The largest absolute Gasteiger partial charge is 0.508 e. The minimum absolute atomic E-state index is 0.333. The Morgan fingerprint density at radius 1 is 1.15 bits per heavy atom. The van der Waals surface area contributed by atoms with Gasteiger partial charge in [-0.25, -0.2) is 0 Å². The number of aromatic hydroxyl groups is 1. The molecule has 1 atom stereocenters. The van der Waals surface area contributed by atoms with E-state index in [9.17, 15) is 5.11 Å². The van der Waals surface area contributed by atoms with Gasteiger partial charge in [0.1, 0.15) is 5.75 Å². The summed E-state index contributed by atoms with van der Waals surface area (Å²) in [6.45, 7) is 4.52. The van der Waals surface area contributed by atoms with Crippen molar-refractivity contribution in [1.29, 1.82) is 0 Å². The first-order valence-electron chi connectivity index (χ1n) is 8.17. The molecule has 0 aliphatic heterocycles. The molecule has 1 saturated carbocycles.